The average molecular weight is 322 g/mol. The highest BCUT2D eigenvalue weighted by molar-refractivity contribution is 5.78. The number of cyclic esters (lactones) is 1. The lowest BCUT2D eigenvalue weighted by Crippen LogP contribution is -2.43. The van der Waals surface area contributed by atoms with Gasteiger partial charge < -0.3 is 14.2 Å². The third-order valence-corrected chi connectivity index (χ3v) is 4.51. The first-order valence-electron chi connectivity index (χ1n) is 7.95. The monoisotopic (exact) mass is 322 g/mol. The van der Waals surface area contributed by atoms with Crippen LogP contribution >= 0.6 is 0 Å². The highest BCUT2D eigenvalue weighted by atomic mass is 16.6. The van der Waals surface area contributed by atoms with Gasteiger partial charge in [-0.25, -0.2) is 0 Å². The minimum atomic E-state index is -0.184. The number of amides is 1. The number of ether oxygens (including phenoxy) is 1. The number of rotatable bonds is 4. The number of carbonyl (C=O) groups is 2. The molecule has 1 amide bonds. The predicted molar refractivity (Wildman–Crippen MR) is 79.2 cm³/mol. The van der Waals surface area contributed by atoms with Crippen LogP contribution in [0.3, 0.4) is 0 Å². The summed E-state index contributed by atoms with van der Waals surface area (Å²) in [5.74, 6) is 0.812. The molecule has 0 aromatic carbocycles. The van der Waals surface area contributed by atoms with Crippen molar-refractivity contribution in [1.29, 1.82) is 0 Å². The minimum Gasteiger partial charge on any atom is -0.461 e. The van der Waals surface area contributed by atoms with Gasteiger partial charge in [-0.1, -0.05) is 5.16 Å². The van der Waals surface area contributed by atoms with E-state index in [1.54, 1.807) is 18.7 Å². The molecule has 0 bridgehead atoms. The van der Waals surface area contributed by atoms with Gasteiger partial charge >= 0.3 is 5.97 Å². The van der Waals surface area contributed by atoms with E-state index in [4.69, 9.17) is 9.26 Å². The lowest BCUT2D eigenvalue weighted by atomic mass is 10.1. The van der Waals surface area contributed by atoms with Gasteiger partial charge in [-0.3, -0.25) is 14.5 Å². The molecule has 0 unspecified atom stereocenters. The molecular formula is C15H22N4O4. The van der Waals surface area contributed by atoms with Gasteiger partial charge in [0, 0.05) is 39.4 Å². The van der Waals surface area contributed by atoms with Gasteiger partial charge in [-0.15, -0.1) is 0 Å². The molecule has 3 atom stereocenters. The molecule has 2 fully saturated rings. The molecule has 23 heavy (non-hydrogen) atoms. The van der Waals surface area contributed by atoms with Gasteiger partial charge in [0.15, 0.2) is 5.82 Å². The molecule has 0 N–H and O–H groups in total. The molecule has 1 aromatic rings. The summed E-state index contributed by atoms with van der Waals surface area (Å²) in [7, 11) is 0. The van der Waals surface area contributed by atoms with Crippen LogP contribution in [0.4, 0.5) is 0 Å². The normalized spacial score (nSPS) is 28.1. The Morgan fingerprint density at radius 3 is 2.83 bits per heavy atom. The van der Waals surface area contributed by atoms with E-state index >= 15 is 0 Å². The number of hydrogen-bond donors (Lipinski definition) is 0. The summed E-state index contributed by atoms with van der Waals surface area (Å²) in [6.07, 6.45) is 1.52. The number of esters is 1. The minimum absolute atomic E-state index is 0.0262. The lowest BCUT2D eigenvalue weighted by Gasteiger charge is -2.27. The predicted octanol–water partition coefficient (Wildman–Crippen LogP) is 0.505. The van der Waals surface area contributed by atoms with Crippen molar-refractivity contribution < 1.29 is 18.8 Å². The number of aryl methyl sites for hydroxylation is 1. The summed E-state index contributed by atoms with van der Waals surface area (Å²) in [6, 6.07) is -0.133. The van der Waals surface area contributed by atoms with E-state index in [-0.39, 0.29) is 30.1 Å². The second kappa shape index (κ2) is 6.27. The van der Waals surface area contributed by atoms with Crippen molar-refractivity contribution in [3.63, 3.8) is 0 Å². The van der Waals surface area contributed by atoms with E-state index in [0.717, 1.165) is 19.4 Å². The van der Waals surface area contributed by atoms with Gasteiger partial charge in [-0.2, -0.15) is 4.98 Å². The summed E-state index contributed by atoms with van der Waals surface area (Å²) < 4.78 is 10.2. The van der Waals surface area contributed by atoms with Gasteiger partial charge in [0.2, 0.25) is 11.8 Å². The zero-order valence-electron chi connectivity index (χ0n) is 13.7. The molecule has 8 heteroatoms. The summed E-state index contributed by atoms with van der Waals surface area (Å²) in [5.41, 5.74) is 0. The third kappa shape index (κ3) is 3.36. The fourth-order valence-corrected chi connectivity index (χ4v) is 3.39. The van der Waals surface area contributed by atoms with E-state index in [2.05, 4.69) is 15.0 Å². The maximum absolute atomic E-state index is 12.0. The Balaban J connectivity index is 1.65. The fourth-order valence-electron chi connectivity index (χ4n) is 3.39. The van der Waals surface area contributed by atoms with E-state index in [1.165, 1.54) is 0 Å². The zero-order valence-corrected chi connectivity index (χ0v) is 13.7. The first-order chi connectivity index (χ1) is 10.9. The SMILES string of the molecule is CC(=O)N(Cc1noc(C)n1)[C@@H]1CCN([C@@H]2C[C@@H](C)OC2=O)C1. The molecule has 2 saturated heterocycles. The quantitative estimate of drug-likeness (QED) is 0.746. The molecule has 2 aliphatic heterocycles. The van der Waals surface area contributed by atoms with Crippen LogP contribution in [0, 0.1) is 6.92 Å². The lowest BCUT2D eigenvalue weighted by molar-refractivity contribution is -0.144. The molecule has 8 nitrogen and oxygen atoms in total. The molecule has 0 spiro atoms. The summed E-state index contributed by atoms with van der Waals surface area (Å²) in [6.45, 7) is 6.96. The molecule has 2 aliphatic rings. The maximum Gasteiger partial charge on any atom is 0.323 e. The molecule has 0 aliphatic carbocycles. The Labute approximate surface area is 134 Å². The molecule has 3 heterocycles. The standard InChI is InChI=1S/C15H22N4O4/c1-9-6-13(15(21)22-9)18-5-4-12(7-18)19(11(3)20)8-14-16-10(2)23-17-14/h9,12-13H,4-8H2,1-3H3/t9-,12-,13-/m1/s1. The second-order valence-electron chi connectivity index (χ2n) is 6.31. The summed E-state index contributed by atoms with van der Waals surface area (Å²) in [5, 5.41) is 3.86. The van der Waals surface area contributed by atoms with E-state index in [9.17, 15) is 9.59 Å². The van der Waals surface area contributed by atoms with Crippen molar-refractivity contribution in [1.82, 2.24) is 19.9 Å². The van der Waals surface area contributed by atoms with Gasteiger partial charge in [0.05, 0.1) is 6.54 Å². The van der Waals surface area contributed by atoms with Crippen LogP contribution in [0.2, 0.25) is 0 Å². The zero-order chi connectivity index (χ0) is 16.6. The van der Waals surface area contributed by atoms with Gasteiger partial charge in [0.1, 0.15) is 12.1 Å². The number of nitrogens with zero attached hydrogens (tertiary/aromatic N) is 4. The Kier molecular flexibility index (Phi) is 4.34. The molecule has 0 radical (unpaired) electrons. The third-order valence-electron chi connectivity index (χ3n) is 4.51. The van der Waals surface area contributed by atoms with E-state index in [1.807, 2.05) is 6.92 Å². The molecule has 1 aromatic heterocycles. The van der Waals surface area contributed by atoms with Crippen molar-refractivity contribution in [2.75, 3.05) is 13.1 Å². The van der Waals surface area contributed by atoms with Crippen LogP contribution in [0.25, 0.3) is 0 Å². The van der Waals surface area contributed by atoms with Crippen LogP contribution < -0.4 is 0 Å². The van der Waals surface area contributed by atoms with Crippen molar-refractivity contribution in [2.45, 2.75) is 58.3 Å². The highest BCUT2D eigenvalue weighted by Gasteiger charge is 2.41. The maximum atomic E-state index is 12.0. The van der Waals surface area contributed by atoms with Crippen molar-refractivity contribution in [2.24, 2.45) is 0 Å². The Hall–Kier alpha value is -1.96. The van der Waals surface area contributed by atoms with Crippen molar-refractivity contribution in [3.05, 3.63) is 11.7 Å². The highest BCUT2D eigenvalue weighted by Crippen LogP contribution is 2.26. The van der Waals surface area contributed by atoms with E-state index in [0.29, 0.717) is 24.8 Å². The molecule has 3 rings (SSSR count). The van der Waals surface area contributed by atoms with Crippen LogP contribution in [0.15, 0.2) is 4.52 Å². The van der Waals surface area contributed by atoms with Crippen LogP contribution in [0.1, 0.15) is 38.4 Å². The van der Waals surface area contributed by atoms with Crippen LogP contribution in [-0.4, -0.2) is 63.1 Å². The van der Waals surface area contributed by atoms with Crippen LogP contribution in [0.5, 0.6) is 0 Å². The Morgan fingerprint density at radius 2 is 2.26 bits per heavy atom. The van der Waals surface area contributed by atoms with Crippen molar-refractivity contribution >= 4 is 11.9 Å². The average Bonchev–Trinajstić information content (AvgIpc) is 3.16. The largest absolute Gasteiger partial charge is 0.461 e. The fraction of sp³-hybridized carbons (Fsp3) is 0.733. The summed E-state index contributed by atoms with van der Waals surface area (Å²) in [4.78, 5) is 32.0. The number of carbonyl (C=O) groups excluding carboxylic acids is 2. The van der Waals surface area contributed by atoms with Crippen LogP contribution in [-0.2, 0) is 20.9 Å². The Morgan fingerprint density at radius 1 is 1.48 bits per heavy atom. The van der Waals surface area contributed by atoms with Crippen molar-refractivity contribution in [3.8, 4) is 0 Å². The van der Waals surface area contributed by atoms with E-state index < -0.39 is 0 Å². The first kappa shape index (κ1) is 15.9. The second-order valence-corrected chi connectivity index (χ2v) is 6.31. The molecular weight excluding hydrogens is 300 g/mol. The smallest absolute Gasteiger partial charge is 0.323 e. The molecule has 126 valence electrons. The Bertz CT molecular complexity index is 602. The number of hydrogen-bond acceptors (Lipinski definition) is 7. The van der Waals surface area contributed by atoms with Gasteiger partial charge in [-0.05, 0) is 13.3 Å². The topological polar surface area (TPSA) is 88.8 Å². The number of likely N-dealkylation sites (tertiary alicyclic amines) is 1. The number of aromatic nitrogens is 2. The first-order valence-corrected chi connectivity index (χ1v) is 7.95. The van der Waals surface area contributed by atoms with Gasteiger partial charge in [0.25, 0.3) is 0 Å². The molecule has 0 saturated carbocycles. The summed E-state index contributed by atoms with van der Waals surface area (Å²) >= 11 is 0.